The summed E-state index contributed by atoms with van der Waals surface area (Å²) in [5.74, 6) is 2.19. The molecule has 0 fully saturated rings. The summed E-state index contributed by atoms with van der Waals surface area (Å²) in [4.78, 5) is 32.2. The number of aromatic nitrogens is 7. The zero-order valence-electron chi connectivity index (χ0n) is 77.1. The predicted octanol–water partition coefficient (Wildman–Crippen LogP) is 34.1. The second-order valence-corrected chi connectivity index (χ2v) is 38.9. The molecule has 0 amide bonds. The molecule has 3 aliphatic carbocycles. The van der Waals surface area contributed by atoms with Crippen LogP contribution >= 0.6 is 11.3 Å². The van der Waals surface area contributed by atoms with Gasteiger partial charge in [0, 0.05) is 136 Å². The minimum atomic E-state index is -0.249. The van der Waals surface area contributed by atoms with Gasteiger partial charge in [0.1, 0.15) is 11.2 Å². The lowest BCUT2D eigenvalue weighted by molar-refractivity contribution is 0.657. The van der Waals surface area contributed by atoms with Crippen molar-refractivity contribution in [2.24, 2.45) is 0 Å². The van der Waals surface area contributed by atoms with E-state index in [1.807, 2.05) is 23.5 Å². The van der Waals surface area contributed by atoms with Crippen LogP contribution in [0.1, 0.15) is 74.9 Å². The molecule has 3 aliphatic rings. The van der Waals surface area contributed by atoms with Crippen LogP contribution in [0, 0.1) is 0 Å². The Morgan fingerprint density at radius 2 is 0.536 bits per heavy atom. The smallest absolute Gasteiger partial charge is 0.160 e. The number of hydrogen-bond acceptors (Lipinski definition) is 8. The third-order valence-electron chi connectivity index (χ3n) is 28.5. The molecule has 27 rings (SSSR count). The van der Waals surface area contributed by atoms with Crippen molar-refractivity contribution in [3.8, 4) is 163 Å². The fraction of sp³-hybridized carbons (Fsp3) is 0.0698. The fourth-order valence-corrected chi connectivity index (χ4v) is 23.1. The van der Waals surface area contributed by atoms with Crippen molar-refractivity contribution >= 4 is 75.3 Å². The van der Waals surface area contributed by atoms with Gasteiger partial charge in [0.2, 0.25) is 0 Å². The number of hydrogen-bond donors (Lipinski definition) is 0. The first-order valence-electron chi connectivity index (χ1n) is 47.4. The largest absolute Gasteiger partial charge is 0.455 e. The van der Waals surface area contributed by atoms with E-state index in [1.54, 1.807) is 0 Å². The first-order chi connectivity index (χ1) is 67.7. The van der Waals surface area contributed by atoms with Crippen LogP contribution in [0.2, 0.25) is 0 Å². The van der Waals surface area contributed by atoms with Crippen LogP contribution in [0.25, 0.3) is 227 Å². The summed E-state index contributed by atoms with van der Waals surface area (Å²) >= 11 is 1.86. The highest BCUT2D eigenvalue weighted by molar-refractivity contribution is 7.26. The minimum absolute atomic E-state index is 0.233. The van der Waals surface area contributed by atoms with E-state index in [0.29, 0.717) is 5.82 Å². The molecule has 138 heavy (non-hydrogen) atoms. The maximum Gasteiger partial charge on any atom is 0.160 e. The maximum atomic E-state index is 6.40. The van der Waals surface area contributed by atoms with Gasteiger partial charge < -0.3 is 8.98 Å². The Morgan fingerprint density at radius 1 is 0.217 bits per heavy atom. The summed E-state index contributed by atoms with van der Waals surface area (Å²) in [7, 11) is 0. The molecule has 0 atom stereocenters. The molecule has 654 valence electrons. The SMILES string of the molecule is CC1(C)c2ccccc2-c2nc(-c3cccc(-c4cccc5c4oc4ccccc45)c3)nc(-c3cccc(-c4ccccc4)c3)c21.CC1(C)c2ccccc2-c2nc(-c3cccc(-c4cccc5c4sc4ccccc45)c3)nc(-c3cccc(-c4ccccc4)c3)c21.CC1(C)c2ccccc2-c2nc(-c3cccc(-n4c5ccccc5c5ccccc54)c3)nc(-c3ccc(-c4ccccc4)cc3)c21. The van der Waals surface area contributed by atoms with Gasteiger partial charge in [-0.25, -0.2) is 29.9 Å². The highest BCUT2D eigenvalue weighted by atomic mass is 32.1. The van der Waals surface area contributed by atoms with Crippen LogP contribution in [0.15, 0.2) is 447 Å². The molecule has 18 aromatic carbocycles. The highest BCUT2D eigenvalue weighted by Crippen LogP contribution is 2.56. The van der Waals surface area contributed by atoms with Crippen molar-refractivity contribution in [1.82, 2.24) is 34.5 Å². The van der Waals surface area contributed by atoms with E-state index >= 15 is 0 Å². The molecule has 0 bridgehead atoms. The van der Waals surface area contributed by atoms with Crippen LogP contribution in [0.3, 0.4) is 0 Å². The first kappa shape index (κ1) is 82.9. The molecule has 0 aliphatic heterocycles. The average molecular weight is 1790 g/mol. The molecule has 0 saturated heterocycles. The van der Waals surface area contributed by atoms with E-state index in [9.17, 15) is 0 Å². The number of benzene rings is 18. The topological polar surface area (TPSA) is 95.4 Å². The van der Waals surface area contributed by atoms with E-state index < -0.39 is 0 Å². The van der Waals surface area contributed by atoms with Crippen LogP contribution in [-0.4, -0.2) is 34.5 Å². The van der Waals surface area contributed by atoms with E-state index in [-0.39, 0.29) is 16.2 Å². The molecular formula is C129H91N7OS. The normalized spacial score (nSPS) is 13.2. The Kier molecular flexibility index (Phi) is 20.0. The lowest BCUT2D eigenvalue weighted by Crippen LogP contribution is -2.17. The van der Waals surface area contributed by atoms with E-state index in [4.69, 9.17) is 34.3 Å². The Bertz CT molecular complexity index is 8590. The molecule has 24 aromatic rings. The summed E-state index contributed by atoms with van der Waals surface area (Å²) in [6, 6.07) is 157. The number of para-hydroxylation sites is 4. The molecule has 0 N–H and O–H groups in total. The van der Waals surface area contributed by atoms with Crippen molar-refractivity contribution in [3.63, 3.8) is 0 Å². The number of fused-ring (bicyclic) bond motifs is 18. The third-order valence-corrected chi connectivity index (χ3v) is 29.8. The third kappa shape index (κ3) is 14.0. The Hall–Kier alpha value is -17.0. The lowest BCUT2D eigenvalue weighted by atomic mass is 9.80. The van der Waals surface area contributed by atoms with Gasteiger partial charge in [-0.05, 0) is 127 Å². The monoisotopic (exact) mass is 1790 g/mol. The van der Waals surface area contributed by atoms with Gasteiger partial charge in [-0.15, -0.1) is 11.3 Å². The van der Waals surface area contributed by atoms with Crippen LogP contribution in [0.4, 0.5) is 0 Å². The molecule has 6 aromatic heterocycles. The molecule has 0 unspecified atom stereocenters. The molecular weight excluding hydrogens is 1700 g/mol. The average Bonchev–Trinajstić information content (AvgIpc) is 1.57. The van der Waals surface area contributed by atoms with Gasteiger partial charge in [0.15, 0.2) is 17.5 Å². The van der Waals surface area contributed by atoms with Crippen molar-refractivity contribution in [2.75, 3.05) is 0 Å². The number of rotatable bonds is 12. The zero-order valence-corrected chi connectivity index (χ0v) is 77.9. The number of furan rings is 1. The molecule has 0 saturated carbocycles. The maximum absolute atomic E-state index is 6.40. The minimum Gasteiger partial charge on any atom is -0.455 e. The van der Waals surface area contributed by atoms with E-state index in [0.717, 1.165) is 118 Å². The fourth-order valence-electron chi connectivity index (χ4n) is 21.9. The summed E-state index contributed by atoms with van der Waals surface area (Å²) in [5, 5.41) is 7.35. The summed E-state index contributed by atoms with van der Waals surface area (Å²) < 4.78 is 11.4. The lowest BCUT2D eigenvalue weighted by Gasteiger charge is -2.24. The standard InChI is InChI=1S/C43H31N3.C43H30N2O.C43H30N2S/c1-43(2)36-20-9-6-19-35(36)41-39(43)40(30-25-23-29(24-26-30)28-13-4-3-5-14-28)44-42(45-41)31-15-12-16-32(27-31)46-37-21-10-7-17-33(37)34-18-8-11-22-38(34)46;2*1-43(2)36-23-8-6-20-35(36)40-38(43)39(30-17-10-15-28(25-30)27-13-4-3-5-14-27)44-42(45-40)31-18-11-16-29(26-31)32-21-12-22-34-33-19-7-9-24-37(33)46-41(32)34/h3-27H,1-2H3;2*3-26H,1-2H3. The second kappa shape index (κ2) is 33.3. The second-order valence-electron chi connectivity index (χ2n) is 37.8. The van der Waals surface area contributed by atoms with Gasteiger partial charge in [-0.2, -0.15) is 0 Å². The number of thiophene rings is 1. The van der Waals surface area contributed by atoms with Crippen LogP contribution < -0.4 is 0 Å². The Balaban J connectivity index is 0.000000110. The molecule has 6 heterocycles. The van der Waals surface area contributed by atoms with Crippen LogP contribution in [0.5, 0.6) is 0 Å². The van der Waals surface area contributed by atoms with Gasteiger partial charge in [0.05, 0.1) is 45.2 Å². The number of nitrogens with zero attached hydrogens (tertiary/aromatic N) is 7. The summed E-state index contributed by atoms with van der Waals surface area (Å²) in [6.45, 7) is 13.8. The molecule has 9 heteroatoms. The van der Waals surface area contributed by atoms with Gasteiger partial charge in [-0.1, -0.05) is 424 Å². The van der Waals surface area contributed by atoms with Gasteiger partial charge >= 0.3 is 0 Å². The summed E-state index contributed by atoms with van der Waals surface area (Å²) in [6.07, 6.45) is 0. The zero-order chi connectivity index (χ0) is 92.5. The van der Waals surface area contributed by atoms with Gasteiger partial charge in [0.25, 0.3) is 0 Å². The van der Waals surface area contributed by atoms with Crippen molar-refractivity contribution in [1.29, 1.82) is 0 Å². The highest BCUT2D eigenvalue weighted by Gasteiger charge is 2.44. The van der Waals surface area contributed by atoms with Crippen molar-refractivity contribution in [3.05, 3.63) is 476 Å². The molecule has 8 nitrogen and oxygen atoms in total. The van der Waals surface area contributed by atoms with E-state index in [1.165, 1.54) is 137 Å². The van der Waals surface area contributed by atoms with Gasteiger partial charge in [-0.3, -0.25) is 0 Å². The first-order valence-corrected chi connectivity index (χ1v) is 48.2. The molecule has 0 spiro atoms. The van der Waals surface area contributed by atoms with Crippen LogP contribution in [-0.2, 0) is 16.2 Å². The van der Waals surface area contributed by atoms with E-state index in [2.05, 4.69) is 477 Å². The Morgan fingerprint density at radius 3 is 1.04 bits per heavy atom. The Labute approximate surface area is 805 Å². The summed E-state index contributed by atoms with van der Waals surface area (Å²) in [5.41, 5.74) is 39.4. The van der Waals surface area contributed by atoms with Crippen molar-refractivity contribution < 1.29 is 4.42 Å². The predicted molar refractivity (Wildman–Crippen MR) is 573 cm³/mol. The quantitative estimate of drug-likeness (QED) is 0.120. The van der Waals surface area contributed by atoms with Crippen molar-refractivity contribution in [2.45, 2.75) is 57.8 Å². The molecule has 0 radical (unpaired) electrons.